The van der Waals surface area contributed by atoms with Gasteiger partial charge < -0.3 is 19.5 Å². The molecule has 2 N–H and O–H groups in total. The summed E-state index contributed by atoms with van der Waals surface area (Å²) in [7, 11) is -3.93. The van der Waals surface area contributed by atoms with Crippen LogP contribution in [-0.2, 0) is 21.4 Å². The number of aryl methyl sites for hydroxylation is 1. The molecule has 3 aromatic rings. The van der Waals surface area contributed by atoms with E-state index in [1.54, 1.807) is 30.3 Å². The second-order valence-corrected chi connectivity index (χ2v) is 8.69. The lowest BCUT2D eigenvalue weighted by molar-refractivity contribution is -0.121. The summed E-state index contributed by atoms with van der Waals surface area (Å²) in [5.41, 5.74) is 0.922. The van der Waals surface area contributed by atoms with Gasteiger partial charge in [0.1, 0.15) is 5.76 Å². The van der Waals surface area contributed by atoms with Crippen molar-refractivity contribution in [2.24, 2.45) is 0 Å². The van der Waals surface area contributed by atoms with Crippen molar-refractivity contribution in [2.75, 3.05) is 19.6 Å². The molecule has 2 aromatic heterocycles. The third kappa shape index (κ3) is 6.06. The number of carbonyl (C=O) groups is 2. The first kappa shape index (κ1) is 22.3. The van der Waals surface area contributed by atoms with E-state index in [2.05, 4.69) is 10.6 Å². The van der Waals surface area contributed by atoms with Crippen LogP contribution in [0.2, 0.25) is 0 Å². The van der Waals surface area contributed by atoms with Crippen molar-refractivity contribution in [1.29, 1.82) is 0 Å². The summed E-state index contributed by atoms with van der Waals surface area (Å²) in [6, 6.07) is 12.8. The van der Waals surface area contributed by atoms with Crippen LogP contribution in [0.1, 0.15) is 21.9 Å². The lowest BCUT2D eigenvalue weighted by Gasteiger charge is -2.21. The van der Waals surface area contributed by atoms with Gasteiger partial charge in [-0.05, 0) is 43.3 Å². The molecular weight excluding hydrogens is 422 g/mol. The third-order valence-corrected chi connectivity index (χ3v) is 6.17. The van der Waals surface area contributed by atoms with Crippen LogP contribution in [0.4, 0.5) is 0 Å². The molecule has 0 aliphatic carbocycles. The van der Waals surface area contributed by atoms with Gasteiger partial charge in [-0.1, -0.05) is 17.7 Å². The highest BCUT2D eigenvalue weighted by Crippen LogP contribution is 2.19. The predicted molar refractivity (Wildman–Crippen MR) is 112 cm³/mol. The first-order valence-corrected chi connectivity index (χ1v) is 11.0. The molecule has 0 aliphatic rings. The van der Waals surface area contributed by atoms with Crippen LogP contribution >= 0.6 is 0 Å². The Morgan fingerprint density at radius 2 is 1.61 bits per heavy atom. The second-order valence-electron chi connectivity index (χ2n) is 6.75. The molecule has 0 aliphatic heterocycles. The quantitative estimate of drug-likeness (QED) is 0.460. The number of rotatable bonds is 10. The maximum absolute atomic E-state index is 13.1. The highest BCUT2D eigenvalue weighted by molar-refractivity contribution is 7.89. The minimum atomic E-state index is -3.93. The topological polar surface area (TPSA) is 122 Å². The highest BCUT2D eigenvalue weighted by Gasteiger charge is 2.27. The van der Waals surface area contributed by atoms with E-state index in [9.17, 15) is 18.0 Å². The number of carbonyl (C=O) groups excluding carboxylic acids is 2. The summed E-state index contributed by atoms with van der Waals surface area (Å²) in [4.78, 5) is 24.3. The van der Waals surface area contributed by atoms with Gasteiger partial charge in [-0.2, -0.15) is 4.31 Å². The number of nitrogens with zero attached hydrogens (tertiary/aromatic N) is 1. The predicted octanol–water partition coefficient (Wildman–Crippen LogP) is 1.92. The van der Waals surface area contributed by atoms with Crippen molar-refractivity contribution in [2.45, 2.75) is 18.4 Å². The molecule has 0 unspecified atom stereocenters. The fraction of sp³-hybridized carbons (Fsp3) is 0.238. The fourth-order valence-electron chi connectivity index (χ4n) is 2.75. The zero-order valence-corrected chi connectivity index (χ0v) is 17.7. The van der Waals surface area contributed by atoms with Gasteiger partial charge in [0.05, 0.1) is 30.5 Å². The lowest BCUT2D eigenvalue weighted by atomic mass is 10.2. The van der Waals surface area contributed by atoms with Crippen molar-refractivity contribution in [3.63, 3.8) is 0 Å². The van der Waals surface area contributed by atoms with E-state index in [0.717, 1.165) is 9.87 Å². The number of amides is 2. The Morgan fingerprint density at radius 1 is 0.935 bits per heavy atom. The zero-order valence-electron chi connectivity index (χ0n) is 16.9. The molecule has 31 heavy (non-hydrogen) atoms. The van der Waals surface area contributed by atoms with Gasteiger partial charge in [0.15, 0.2) is 5.76 Å². The number of hydrogen-bond acceptors (Lipinski definition) is 6. The van der Waals surface area contributed by atoms with Crippen molar-refractivity contribution >= 4 is 21.8 Å². The smallest absolute Gasteiger partial charge is 0.287 e. The highest BCUT2D eigenvalue weighted by atomic mass is 32.2. The Kier molecular flexibility index (Phi) is 7.27. The van der Waals surface area contributed by atoms with E-state index < -0.39 is 28.4 Å². The van der Waals surface area contributed by atoms with E-state index in [4.69, 9.17) is 8.83 Å². The molecule has 10 heteroatoms. The average molecular weight is 445 g/mol. The van der Waals surface area contributed by atoms with Crippen LogP contribution in [0, 0.1) is 6.92 Å². The molecule has 0 bridgehead atoms. The van der Waals surface area contributed by atoms with Crippen LogP contribution in [0.25, 0.3) is 0 Å². The monoisotopic (exact) mass is 445 g/mol. The summed E-state index contributed by atoms with van der Waals surface area (Å²) < 4.78 is 37.5. The zero-order chi connectivity index (χ0) is 22.3. The van der Waals surface area contributed by atoms with E-state index >= 15 is 0 Å². The molecule has 0 spiro atoms. The van der Waals surface area contributed by atoms with Crippen molar-refractivity contribution in [3.8, 4) is 0 Å². The number of benzene rings is 1. The summed E-state index contributed by atoms with van der Waals surface area (Å²) in [6.45, 7) is 1.66. The normalized spacial score (nSPS) is 11.4. The number of sulfonamides is 1. The molecule has 1 aromatic carbocycles. The van der Waals surface area contributed by atoms with Crippen LogP contribution in [0.15, 0.2) is 74.8 Å². The Labute approximate surface area is 180 Å². The summed E-state index contributed by atoms with van der Waals surface area (Å²) in [5, 5.41) is 5.20. The van der Waals surface area contributed by atoms with Crippen molar-refractivity contribution in [3.05, 3.63) is 78.1 Å². The summed E-state index contributed by atoms with van der Waals surface area (Å²) in [6.07, 6.45) is 2.83. The molecule has 0 fully saturated rings. The van der Waals surface area contributed by atoms with E-state index in [0.29, 0.717) is 5.76 Å². The van der Waals surface area contributed by atoms with Crippen LogP contribution < -0.4 is 10.6 Å². The minimum absolute atomic E-state index is 0.0863. The van der Waals surface area contributed by atoms with Crippen LogP contribution in [0.3, 0.4) is 0 Å². The molecule has 0 radical (unpaired) electrons. The Morgan fingerprint density at radius 3 is 2.26 bits per heavy atom. The van der Waals surface area contributed by atoms with Gasteiger partial charge in [-0.25, -0.2) is 8.42 Å². The molecule has 164 valence electrons. The molecule has 2 amide bonds. The number of hydrogen-bond donors (Lipinski definition) is 2. The van der Waals surface area contributed by atoms with Gasteiger partial charge in [-0.15, -0.1) is 0 Å². The molecule has 0 atom stereocenters. The van der Waals surface area contributed by atoms with E-state index in [1.165, 1.54) is 30.7 Å². The van der Waals surface area contributed by atoms with Crippen molar-refractivity contribution in [1.82, 2.24) is 14.9 Å². The number of furan rings is 2. The number of nitrogens with one attached hydrogen (secondary N) is 2. The Bertz CT molecular complexity index is 1090. The van der Waals surface area contributed by atoms with Crippen LogP contribution in [0.5, 0.6) is 0 Å². The average Bonchev–Trinajstić information content (AvgIpc) is 3.45. The van der Waals surface area contributed by atoms with Gasteiger partial charge in [0.2, 0.25) is 15.9 Å². The second kappa shape index (κ2) is 10.1. The molecule has 9 nitrogen and oxygen atoms in total. The SMILES string of the molecule is Cc1ccc(S(=O)(=O)N(CC(=O)NCCNC(=O)c2ccco2)Cc2ccco2)cc1. The molecule has 0 saturated heterocycles. The lowest BCUT2D eigenvalue weighted by Crippen LogP contribution is -2.42. The third-order valence-electron chi connectivity index (χ3n) is 4.37. The summed E-state index contributed by atoms with van der Waals surface area (Å²) >= 11 is 0. The largest absolute Gasteiger partial charge is 0.468 e. The first-order chi connectivity index (χ1) is 14.9. The van der Waals surface area contributed by atoms with Gasteiger partial charge in [0, 0.05) is 13.1 Å². The summed E-state index contributed by atoms with van der Waals surface area (Å²) in [5.74, 6) is -0.329. The minimum Gasteiger partial charge on any atom is -0.468 e. The molecule has 0 saturated carbocycles. The first-order valence-electron chi connectivity index (χ1n) is 9.54. The maximum atomic E-state index is 13.1. The Hall–Kier alpha value is -3.37. The molecular formula is C21H23N3O6S. The molecule has 2 heterocycles. The van der Waals surface area contributed by atoms with Gasteiger partial charge in [0.25, 0.3) is 5.91 Å². The van der Waals surface area contributed by atoms with E-state index in [1.807, 2.05) is 6.92 Å². The maximum Gasteiger partial charge on any atom is 0.287 e. The Balaban J connectivity index is 1.60. The van der Waals surface area contributed by atoms with Gasteiger partial charge >= 0.3 is 0 Å². The standard InChI is InChI=1S/C21H23N3O6S/c1-16-6-8-18(9-7-16)31(27,28)24(14-17-4-2-12-29-17)15-20(25)22-10-11-23-21(26)19-5-3-13-30-19/h2-9,12-13H,10-11,14-15H2,1H3,(H,22,25)(H,23,26). The molecule has 3 rings (SSSR count). The van der Waals surface area contributed by atoms with E-state index in [-0.39, 0.29) is 30.3 Å². The van der Waals surface area contributed by atoms with Crippen LogP contribution in [-0.4, -0.2) is 44.2 Å². The fourth-order valence-corrected chi connectivity index (χ4v) is 4.11. The van der Waals surface area contributed by atoms with Gasteiger partial charge in [-0.3, -0.25) is 9.59 Å². The van der Waals surface area contributed by atoms with Crippen molar-refractivity contribution < 1.29 is 26.8 Å².